The molecule has 0 fully saturated rings. The van der Waals surface area contributed by atoms with E-state index in [-0.39, 0.29) is 0 Å². The van der Waals surface area contributed by atoms with Crippen molar-refractivity contribution in [1.29, 1.82) is 0 Å². The van der Waals surface area contributed by atoms with Crippen LogP contribution in [0.5, 0.6) is 0 Å². The highest BCUT2D eigenvalue weighted by Crippen LogP contribution is 2.31. The highest BCUT2D eigenvalue weighted by atomic mass is 35.6. The molecule has 1 radical (unpaired) electrons. The highest BCUT2D eigenvalue weighted by Gasteiger charge is 2.17. The molecule has 0 aliphatic heterocycles. The van der Waals surface area contributed by atoms with Crippen LogP contribution >= 0.6 is 34.8 Å². The van der Waals surface area contributed by atoms with Gasteiger partial charge in [0.1, 0.15) is 0 Å². The van der Waals surface area contributed by atoms with E-state index in [1.807, 2.05) is 6.29 Å². The largest absolute Gasteiger partial charge is 0.291 e. The molecule has 0 aromatic heterocycles. The molecule has 0 spiro atoms. The van der Waals surface area contributed by atoms with Gasteiger partial charge >= 0.3 is 0 Å². The average Bonchev–Trinajstić information content (AvgIpc) is 1.85. The minimum atomic E-state index is -1.13. The first kappa shape index (κ1) is 11.5. The zero-order chi connectivity index (χ0) is 8.74. The summed E-state index contributed by atoms with van der Waals surface area (Å²) in [7, 11) is 0. The second-order valence-corrected chi connectivity index (χ2v) is 4.84. The first-order valence-electron chi connectivity index (χ1n) is 3.48. The van der Waals surface area contributed by atoms with Crippen molar-refractivity contribution >= 4 is 41.1 Å². The Labute approximate surface area is 82.0 Å². The van der Waals surface area contributed by atoms with Crippen LogP contribution in [0.4, 0.5) is 0 Å². The summed E-state index contributed by atoms with van der Waals surface area (Å²) in [5.74, 6) is 0. The van der Waals surface area contributed by atoms with Gasteiger partial charge in [0, 0.05) is 6.42 Å². The van der Waals surface area contributed by atoms with Crippen molar-refractivity contribution < 1.29 is 4.79 Å². The molecule has 0 aliphatic rings. The molecule has 0 aromatic carbocycles. The Morgan fingerprint density at radius 1 is 1.09 bits per heavy atom. The van der Waals surface area contributed by atoms with Gasteiger partial charge in [0.25, 0.3) is 0 Å². The standard InChI is InChI=1S/C7H10Cl3O/c8-7(9,10)5-3-1-2-4-6-11/h1-5H2. The van der Waals surface area contributed by atoms with E-state index in [0.29, 0.717) is 12.8 Å². The number of hydrogen-bond donors (Lipinski definition) is 0. The van der Waals surface area contributed by atoms with Crippen LogP contribution in [0.1, 0.15) is 32.1 Å². The van der Waals surface area contributed by atoms with Crippen LogP contribution in [0.3, 0.4) is 0 Å². The van der Waals surface area contributed by atoms with E-state index in [2.05, 4.69) is 0 Å². The van der Waals surface area contributed by atoms with Crippen molar-refractivity contribution in [3.8, 4) is 0 Å². The number of halogens is 3. The lowest BCUT2D eigenvalue weighted by Gasteiger charge is -2.08. The number of hydrogen-bond acceptors (Lipinski definition) is 1. The molecule has 0 saturated heterocycles. The van der Waals surface area contributed by atoms with Crippen LogP contribution in [-0.4, -0.2) is 10.1 Å². The zero-order valence-corrected chi connectivity index (χ0v) is 8.35. The maximum Gasteiger partial charge on any atom is 0.198 e. The van der Waals surface area contributed by atoms with E-state index < -0.39 is 3.79 Å². The Morgan fingerprint density at radius 3 is 2.18 bits per heavy atom. The molecule has 0 rings (SSSR count). The summed E-state index contributed by atoms with van der Waals surface area (Å²) in [6, 6.07) is 0. The topological polar surface area (TPSA) is 17.1 Å². The second-order valence-electron chi connectivity index (χ2n) is 2.32. The SMILES string of the molecule is O=[C]CCCCCC(Cl)(Cl)Cl. The van der Waals surface area contributed by atoms with Gasteiger partial charge in [0.15, 0.2) is 10.1 Å². The van der Waals surface area contributed by atoms with Crippen LogP contribution in [-0.2, 0) is 4.79 Å². The van der Waals surface area contributed by atoms with Crippen LogP contribution < -0.4 is 0 Å². The van der Waals surface area contributed by atoms with Crippen LogP contribution in [0.15, 0.2) is 0 Å². The maximum absolute atomic E-state index is 9.76. The molecule has 65 valence electrons. The third-order valence-electron chi connectivity index (χ3n) is 1.24. The molecule has 0 saturated carbocycles. The Morgan fingerprint density at radius 2 is 1.73 bits per heavy atom. The second kappa shape index (κ2) is 6.10. The van der Waals surface area contributed by atoms with Gasteiger partial charge < -0.3 is 0 Å². The summed E-state index contributed by atoms with van der Waals surface area (Å²) in [5, 5.41) is 0. The molecule has 11 heavy (non-hydrogen) atoms. The maximum atomic E-state index is 9.76. The molecule has 0 N–H and O–H groups in total. The third kappa shape index (κ3) is 10.5. The van der Waals surface area contributed by atoms with Crippen molar-refractivity contribution in [3.63, 3.8) is 0 Å². The summed E-state index contributed by atoms with van der Waals surface area (Å²) in [5.41, 5.74) is 0. The molecule has 0 heterocycles. The Bertz CT molecular complexity index is 109. The van der Waals surface area contributed by atoms with Gasteiger partial charge in [-0.15, -0.1) is 0 Å². The molecule has 1 nitrogen and oxygen atoms in total. The molecule has 0 atom stereocenters. The monoisotopic (exact) mass is 215 g/mol. The molecule has 0 amide bonds. The first-order valence-corrected chi connectivity index (χ1v) is 4.61. The minimum absolute atomic E-state index is 0.486. The normalized spacial score (nSPS) is 11.5. The number of unbranched alkanes of at least 4 members (excludes halogenated alkanes) is 3. The van der Waals surface area contributed by atoms with E-state index in [9.17, 15) is 4.79 Å². The fraction of sp³-hybridized carbons (Fsp3) is 0.857. The summed E-state index contributed by atoms with van der Waals surface area (Å²) in [6.07, 6.45) is 5.46. The first-order chi connectivity index (χ1) is 5.06. The van der Waals surface area contributed by atoms with Crippen molar-refractivity contribution in [2.75, 3.05) is 0 Å². The van der Waals surface area contributed by atoms with Crippen molar-refractivity contribution in [2.24, 2.45) is 0 Å². The molecular weight excluding hydrogens is 206 g/mol. The number of alkyl halides is 3. The van der Waals surface area contributed by atoms with Gasteiger partial charge in [-0.05, 0) is 19.3 Å². The predicted octanol–water partition coefficient (Wildman–Crippen LogP) is 3.42. The van der Waals surface area contributed by atoms with E-state index in [0.717, 1.165) is 19.3 Å². The third-order valence-corrected chi connectivity index (χ3v) is 1.81. The molecule has 0 unspecified atom stereocenters. The Kier molecular flexibility index (Phi) is 6.40. The molecule has 0 aromatic rings. The lowest BCUT2D eigenvalue weighted by molar-refractivity contribution is 0.544. The average molecular weight is 217 g/mol. The zero-order valence-electron chi connectivity index (χ0n) is 6.08. The quantitative estimate of drug-likeness (QED) is 0.508. The summed E-state index contributed by atoms with van der Waals surface area (Å²) in [6.45, 7) is 0. The number of rotatable bonds is 5. The smallest absolute Gasteiger partial charge is 0.198 e. The van der Waals surface area contributed by atoms with Gasteiger partial charge in [-0.25, -0.2) is 0 Å². The minimum Gasteiger partial charge on any atom is -0.291 e. The van der Waals surface area contributed by atoms with Gasteiger partial charge in [0.2, 0.25) is 0 Å². The summed E-state index contributed by atoms with van der Waals surface area (Å²) < 4.78 is -1.13. The van der Waals surface area contributed by atoms with E-state index in [1.54, 1.807) is 0 Å². The summed E-state index contributed by atoms with van der Waals surface area (Å²) >= 11 is 16.5. The Hall–Kier alpha value is 0.540. The lowest BCUT2D eigenvalue weighted by atomic mass is 10.2. The lowest BCUT2D eigenvalue weighted by Crippen LogP contribution is -2.00. The predicted molar refractivity (Wildman–Crippen MR) is 49.1 cm³/mol. The van der Waals surface area contributed by atoms with E-state index >= 15 is 0 Å². The molecular formula is C7H10Cl3O. The van der Waals surface area contributed by atoms with Gasteiger partial charge in [0.05, 0.1) is 0 Å². The van der Waals surface area contributed by atoms with Gasteiger partial charge in [-0.2, -0.15) is 0 Å². The molecule has 0 bridgehead atoms. The molecule has 0 aliphatic carbocycles. The van der Waals surface area contributed by atoms with E-state index in [1.165, 1.54) is 0 Å². The van der Waals surface area contributed by atoms with Crippen molar-refractivity contribution in [1.82, 2.24) is 0 Å². The van der Waals surface area contributed by atoms with Crippen LogP contribution in [0.25, 0.3) is 0 Å². The molecule has 4 heteroatoms. The van der Waals surface area contributed by atoms with Crippen LogP contribution in [0, 0.1) is 0 Å². The van der Waals surface area contributed by atoms with Gasteiger partial charge in [-0.3, -0.25) is 4.79 Å². The number of carbonyl (C=O) groups excluding carboxylic acids is 1. The van der Waals surface area contributed by atoms with Crippen molar-refractivity contribution in [2.45, 2.75) is 35.9 Å². The summed E-state index contributed by atoms with van der Waals surface area (Å²) in [4.78, 5) is 9.76. The van der Waals surface area contributed by atoms with Crippen LogP contribution in [0.2, 0.25) is 0 Å². The Balaban J connectivity index is 3.08. The highest BCUT2D eigenvalue weighted by molar-refractivity contribution is 6.67. The van der Waals surface area contributed by atoms with Crippen molar-refractivity contribution in [3.05, 3.63) is 0 Å². The van der Waals surface area contributed by atoms with Gasteiger partial charge in [-0.1, -0.05) is 41.2 Å². The fourth-order valence-corrected chi connectivity index (χ4v) is 1.10. The van der Waals surface area contributed by atoms with E-state index in [4.69, 9.17) is 34.8 Å². The fourth-order valence-electron chi connectivity index (χ4n) is 0.699.